The number of carbonyl (C=O) groups excluding carboxylic acids is 2. The maximum atomic E-state index is 12.3. The summed E-state index contributed by atoms with van der Waals surface area (Å²) in [5.41, 5.74) is 0.765. The van der Waals surface area contributed by atoms with Crippen LogP contribution in [0.25, 0.3) is 10.8 Å². The van der Waals surface area contributed by atoms with E-state index in [1.807, 2.05) is 24.3 Å². The van der Waals surface area contributed by atoms with Crippen LogP contribution in [0, 0.1) is 0 Å². The van der Waals surface area contributed by atoms with Crippen LogP contribution in [-0.2, 0) is 19.1 Å². The number of methoxy groups -OCH3 is 1. The number of hydrogen-bond donors (Lipinski definition) is 0. The molecule has 1 aliphatic rings. The van der Waals surface area contributed by atoms with Gasteiger partial charge in [-0.1, -0.05) is 12.1 Å². The van der Waals surface area contributed by atoms with Crippen molar-refractivity contribution in [1.82, 2.24) is 0 Å². The van der Waals surface area contributed by atoms with Gasteiger partial charge in [0.25, 0.3) is 5.91 Å². The highest BCUT2D eigenvalue weighted by Gasteiger charge is 2.33. The van der Waals surface area contributed by atoms with Crippen LogP contribution in [0.4, 0.5) is 5.69 Å². The third-order valence-corrected chi connectivity index (χ3v) is 3.63. The molecule has 3 rings (SSSR count). The normalized spacial score (nSPS) is 17.7. The standard InChI is InChI=1S/C17H17NO5/c1-11(19)23-15-6-4-12-7-14(5-3-13(12)8-15)18-10-22-16(9-21-2)17(18)20/h3-8,16H,9-10H2,1-2H3. The predicted octanol–water partition coefficient (Wildman–Crippen LogP) is 2.10. The van der Waals surface area contributed by atoms with Gasteiger partial charge in [0.2, 0.25) is 0 Å². The van der Waals surface area contributed by atoms with Crippen LogP contribution in [0.2, 0.25) is 0 Å². The lowest BCUT2D eigenvalue weighted by Gasteiger charge is -2.15. The summed E-state index contributed by atoms with van der Waals surface area (Å²) in [6.45, 7) is 1.82. The molecule has 1 amide bonds. The molecule has 0 aromatic heterocycles. The first kappa shape index (κ1) is 15.5. The van der Waals surface area contributed by atoms with E-state index < -0.39 is 6.10 Å². The van der Waals surface area contributed by atoms with Gasteiger partial charge in [0, 0.05) is 19.7 Å². The van der Waals surface area contributed by atoms with Gasteiger partial charge in [-0.05, 0) is 35.0 Å². The van der Waals surface area contributed by atoms with Crippen molar-refractivity contribution in [2.45, 2.75) is 13.0 Å². The quantitative estimate of drug-likeness (QED) is 0.638. The zero-order chi connectivity index (χ0) is 16.4. The second-order valence-electron chi connectivity index (χ2n) is 5.29. The van der Waals surface area contributed by atoms with E-state index in [0.29, 0.717) is 5.75 Å². The van der Waals surface area contributed by atoms with Crippen LogP contribution in [0.5, 0.6) is 5.75 Å². The summed E-state index contributed by atoms with van der Waals surface area (Å²) in [6, 6.07) is 11.0. The molecule has 0 radical (unpaired) electrons. The van der Waals surface area contributed by atoms with E-state index in [1.165, 1.54) is 14.0 Å². The molecule has 0 bridgehead atoms. The summed E-state index contributed by atoms with van der Waals surface area (Å²) < 4.78 is 15.5. The highest BCUT2D eigenvalue weighted by molar-refractivity contribution is 6.00. The van der Waals surface area contributed by atoms with Gasteiger partial charge in [0.15, 0.2) is 6.10 Å². The van der Waals surface area contributed by atoms with E-state index in [4.69, 9.17) is 14.2 Å². The average Bonchev–Trinajstić information content (AvgIpc) is 2.88. The molecule has 120 valence electrons. The number of amides is 1. The fourth-order valence-electron chi connectivity index (χ4n) is 2.55. The Labute approximate surface area is 133 Å². The molecule has 6 nitrogen and oxygen atoms in total. The maximum absolute atomic E-state index is 12.3. The maximum Gasteiger partial charge on any atom is 0.308 e. The predicted molar refractivity (Wildman–Crippen MR) is 84.4 cm³/mol. The van der Waals surface area contributed by atoms with Gasteiger partial charge < -0.3 is 14.2 Å². The second-order valence-corrected chi connectivity index (χ2v) is 5.29. The number of rotatable bonds is 4. The minimum absolute atomic E-state index is 0.109. The minimum Gasteiger partial charge on any atom is -0.427 e. The van der Waals surface area contributed by atoms with Gasteiger partial charge in [0.1, 0.15) is 12.5 Å². The van der Waals surface area contributed by atoms with Crippen molar-refractivity contribution < 1.29 is 23.8 Å². The molecule has 0 saturated carbocycles. The van der Waals surface area contributed by atoms with Gasteiger partial charge in [-0.2, -0.15) is 0 Å². The SMILES string of the molecule is COCC1OCN(c2ccc3cc(OC(C)=O)ccc3c2)C1=O. The summed E-state index contributed by atoms with van der Waals surface area (Å²) in [7, 11) is 1.54. The molecule has 1 atom stereocenters. The van der Waals surface area contributed by atoms with Gasteiger partial charge in [-0.15, -0.1) is 0 Å². The van der Waals surface area contributed by atoms with Crippen LogP contribution >= 0.6 is 0 Å². The summed E-state index contributed by atoms with van der Waals surface area (Å²) in [5, 5.41) is 1.87. The number of hydrogen-bond acceptors (Lipinski definition) is 5. The summed E-state index contributed by atoms with van der Waals surface area (Å²) in [5.74, 6) is 0.0335. The Hall–Kier alpha value is -2.44. The molecule has 1 aliphatic heterocycles. The number of esters is 1. The van der Waals surface area contributed by atoms with E-state index in [-0.39, 0.29) is 25.2 Å². The van der Waals surface area contributed by atoms with Gasteiger partial charge >= 0.3 is 5.97 Å². The number of benzene rings is 2. The molecule has 2 aromatic rings. The Bertz CT molecular complexity index is 758. The molecule has 1 fully saturated rings. The van der Waals surface area contributed by atoms with Crippen molar-refractivity contribution in [2.75, 3.05) is 25.3 Å². The van der Waals surface area contributed by atoms with Crippen molar-refractivity contribution in [1.29, 1.82) is 0 Å². The molecular weight excluding hydrogens is 298 g/mol. The lowest BCUT2D eigenvalue weighted by atomic mass is 10.1. The number of carbonyl (C=O) groups is 2. The molecule has 1 unspecified atom stereocenters. The number of fused-ring (bicyclic) bond motifs is 1. The Morgan fingerprint density at radius 2 is 2.00 bits per heavy atom. The largest absolute Gasteiger partial charge is 0.427 e. The van der Waals surface area contributed by atoms with Crippen molar-refractivity contribution in [2.24, 2.45) is 0 Å². The molecule has 0 N–H and O–H groups in total. The molecule has 0 aliphatic carbocycles. The fraction of sp³-hybridized carbons (Fsp3) is 0.294. The highest BCUT2D eigenvalue weighted by Crippen LogP contribution is 2.28. The molecular formula is C17H17NO5. The molecule has 0 spiro atoms. The van der Waals surface area contributed by atoms with Crippen LogP contribution in [-0.4, -0.2) is 38.4 Å². The minimum atomic E-state index is -0.554. The molecule has 1 saturated heterocycles. The lowest BCUT2D eigenvalue weighted by Crippen LogP contribution is -2.31. The first-order chi connectivity index (χ1) is 11.1. The van der Waals surface area contributed by atoms with Crippen LogP contribution in [0.1, 0.15) is 6.92 Å². The molecule has 1 heterocycles. The number of ether oxygens (including phenoxy) is 3. The van der Waals surface area contributed by atoms with Crippen molar-refractivity contribution in [3.63, 3.8) is 0 Å². The van der Waals surface area contributed by atoms with E-state index in [9.17, 15) is 9.59 Å². The Morgan fingerprint density at radius 3 is 2.74 bits per heavy atom. The third kappa shape index (κ3) is 3.18. The summed E-state index contributed by atoms with van der Waals surface area (Å²) >= 11 is 0. The fourth-order valence-corrected chi connectivity index (χ4v) is 2.55. The number of nitrogens with zero attached hydrogens (tertiary/aromatic N) is 1. The summed E-state index contributed by atoms with van der Waals surface area (Å²) in [4.78, 5) is 24.9. The average molecular weight is 315 g/mol. The smallest absolute Gasteiger partial charge is 0.308 e. The topological polar surface area (TPSA) is 65.1 Å². The van der Waals surface area contributed by atoms with Crippen molar-refractivity contribution in [3.05, 3.63) is 36.4 Å². The van der Waals surface area contributed by atoms with E-state index in [2.05, 4.69) is 0 Å². The second kappa shape index (κ2) is 6.36. The molecule has 6 heteroatoms. The first-order valence-electron chi connectivity index (χ1n) is 7.22. The van der Waals surface area contributed by atoms with Crippen molar-refractivity contribution >= 4 is 28.3 Å². The van der Waals surface area contributed by atoms with Crippen LogP contribution < -0.4 is 9.64 Å². The zero-order valence-corrected chi connectivity index (χ0v) is 12.9. The first-order valence-corrected chi connectivity index (χ1v) is 7.22. The Balaban J connectivity index is 1.86. The third-order valence-electron chi connectivity index (χ3n) is 3.63. The Kier molecular flexibility index (Phi) is 4.27. The lowest BCUT2D eigenvalue weighted by molar-refractivity contribution is -0.131. The highest BCUT2D eigenvalue weighted by atomic mass is 16.6. The monoisotopic (exact) mass is 315 g/mol. The van der Waals surface area contributed by atoms with Crippen LogP contribution in [0.15, 0.2) is 36.4 Å². The Morgan fingerprint density at radius 1 is 1.26 bits per heavy atom. The van der Waals surface area contributed by atoms with Gasteiger partial charge in [-0.25, -0.2) is 0 Å². The van der Waals surface area contributed by atoms with E-state index in [1.54, 1.807) is 17.0 Å². The molecule has 2 aromatic carbocycles. The zero-order valence-electron chi connectivity index (χ0n) is 12.9. The van der Waals surface area contributed by atoms with Gasteiger partial charge in [-0.3, -0.25) is 14.5 Å². The number of anilines is 1. The van der Waals surface area contributed by atoms with E-state index >= 15 is 0 Å². The molecule has 23 heavy (non-hydrogen) atoms. The van der Waals surface area contributed by atoms with Gasteiger partial charge in [0.05, 0.1) is 6.61 Å². The summed E-state index contributed by atoms with van der Waals surface area (Å²) in [6.07, 6.45) is -0.554. The van der Waals surface area contributed by atoms with E-state index in [0.717, 1.165) is 16.5 Å². The van der Waals surface area contributed by atoms with Crippen LogP contribution in [0.3, 0.4) is 0 Å². The van der Waals surface area contributed by atoms with Crippen molar-refractivity contribution in [3.8, 4) is 5.75 Å².